The lowest BCUT2D eigenvalue weighted by atomic mass is 9.93. The zero-order valence-electron chi connectivity index (χ0n) is 8.40. The van der Waals surface area contributed by atoms with Crippen molar-refractivity contribution in [1.29, 1.82) is 0 Å². The van der Waals surface area contributed by atoms with Crippen LogP contribution < -0.4 is 10.9 Å². The van der Waals surface area contributed by atoms with Crippen LogP contribution in [0.3, 0.4) is 0 Å². The summed E-state index contributed by atoms with van der Waals surface area (Å²) in [6.45, 7) is 0.788. The molecule has 6 heteroatoms. The van der Waals surface area contributed by atoms with Gasteiger partial charge in [-0.3, -0.25) is 20.4 Å². The third kappa shape index (κ3) is 3.85. The number of aliphatic carboxylic acids is 2. The second-order valence-corrected chi connectivity index (χ2v) is 3.72. The van der Waals surface area contributed by atoms with Crippen LogP contribution in [0.2, 0.25) is 0 Å². The van der Waals surface area contributed by atoms with Crippen LogP contribution in [0, 0.1) is 5.92 Å². The summed E-state index contributed by atoms with van der Waals surface area (Å²) in [5.74, 6) is -3.00. The van der Waals surface area contributed by atoms with Crippen molar-refractivity contribution in [3.05, 3.63) is 0 Å². The van der Waals surface area contributed by atoms with Crippen LogP contribution in [0.4, 0.5) is 0 Å². The summed E-state index contributed by atoms with van der Waals surface area (Å²) in [6, 6.07) is -0.305. The average Bonchev–Trinajstić information content (AvgIpc) is 2.41. The van der Waals surface area contributed by atoms with Crippen LogP contribution in [0.1, 0.15) is 25.7 Å². The van der Waals surface area contributed by atoms with Gasteiger partial charge in [0.05, 0.1) is 12.3 Å². The largest absolute Gasteiger partial charge is 0.481 e. The van der Waals surface area contributed by atoms with E-state index in [1.54, 1.807) is 0 Å². The minimum atomic E-state index is -1.08. The van der Waals surface area contributed by atoms with E-state index >= 15 is 0 Å². The number of carbonyl (C=O) groups is 2. The third-order valence-corrected chi connectivity index (χ3v) is 2.55. The maximum absolute atomic E-state index is 10.9. The number of hydrazine groups is 1. The Balaban J connectivity index is 2.60. The predicted molar refractivity (Wildman–Crippen MR) is 52.2 cm³/mol. The molecule has 1 aliphatic heterocycles. The van der Waals surface area contributed by atoms with Gasteiger partial charge < -0.3 is 10.2 Å². The molecule has 0 spiro atoms. The number of hydrogen-bond donors (Lipinski definition) is 4. The molecule has 0 saturated carbocycles. The smallest absolute Gasteiger partial charge is 0.308 e. The van der Waals surface area contributed by atoms with Crippen molar-refractivity contribution < 1.29 is 19.8 Å². The van der Waals surface area contributed by atoms with E-state index in [1.807, 2.05) is 0 Å². The molecule has 2 unspecified atom stereocenters. The molecule has 15 heavy (non-hydrogen) atoms. The van der Waals surface area contributed by atoms with Gasteiger partial charge in [-0.25, -0.2) is 0 Å². The van der Waals surface area contributed by atoms with Gasteiger partial charge in [-0.2, -0.15) is 0 Å². The van der Waals surface area contributed by atoms with E-state index in [2.05, 4.69) is 10.9 Å². The van der Waals surface area contributed by atoms with Crippen LogP contribution in [0.15, 0.2) is 0 Å². The number of carboxylic acids is 2. The van der Waals surface area contributed by atoms with Crippen molar-refractivity contribution in [3.63, 3.8) is 0 Å². The zero-order valence-corrected chi connectivity index (χ0v) is 8.40. The first-order valence-electron chi connectivity index (χ1n) is 5.04. The highest BCUT2D eigenvalue weighted by atomic mass is 16.4. The fourth-order valence-electron chi connectivity index (χ4n) is 1.74. The van der Waals surface area contributed by atoms with E-state index in [9.17, 15) is 9.59 Å². The molecule has 86 valence electrons. The standard InChI is InChI=1S/C9H16N2O4/c12-8(13)5-6(9(14)15)7-3-1-2-4-10-11-7/h6-7,10-11H,1-5H2,(H,12,13)(H,14,15). The second kappa shape index (κ2) is 5.67. The Morgan fingerprint density at radius 1 is 1.33 bits per heavy atom. The third-order valence-electron chi connectivity index (χ3n) is 2.55. The Morgan fingerprint density at radius 2 is 2.07 bits per heavy atom. The van der Waals surface area contributed by atoms with Crippen LogP contribution >= 0.6 is 0 Å². The summed E-state index contributed by atoms with van der Waals surface area (Å²) >= 11 is 0. The van der Waals surface area contributed by atoms with Gasteiger partial charge in [-0.15, -0.1) is 0 Å². The molecule has 1 rings (SSSR count). The Bertz CT molecular complexity index is 236. The summed E-state index contributed by atoms with van der Waals surface area (Å²) in [4.78, 5) is 21.4. The quantitative estimate of drug-likeness (QED) is 0.520. The normalized spacial score (nSPS) is 24.1. The van der Waals surface area contributed by atoms with Crippen molar-refractivity contribution in [2.75, 3.05) is 6.54 Å². The maximum Gasteiger partial charge on any atom is 0.308 e. The van der Waals surface area contributed by atoms with Gasteiger partial charge in [0.2, 0.25) is 0 Å². The Hall–Kier alpha value is -1.14. The highest BCUT2D eigenvalue weighted by molar-refractivity contribution is 5.78. The minimum Gasteiger partial charge on any atom is -0.481 e. The van der Waals surface area contributed by atoms with Crippen molar-refractivity contribution in [2.45, 2.75) is 31.7 Å². The SMILES string of the molecule is O=C(O)CC(C(=O)O)C1CCCCNN1. The van der Waals surface area contributed by atoms with Crippen LogP contribution in [-0.2, 0) is 9.59 Å². The molecule has 0 amide bonds. The van der Waals surface area contributed by atoms with Gasteiger partial charge >= 0.3 is 11.9 Å². The van der Waals surface area contributed by atoms with Crippen molar-refractivity contribution >= 4 is 11.9 Å². The molecule has 0 aromatic rings. The summed E-state index contributed by atoms with van der Waals surface area (Å²) in [5.41, 5.74) is 5.77. The van der Waals surface area contributed by atoms with E-state index < -0.39 is 17.9 Å². The van der Waals surface area contributed by atoms with Crippen molar-refractivity contribution in [1.82, 2.24) is 10.9 Å². The number of hydrogen-bond acceptors (Lipinski definition) is 4. The van der Waals surface area contributed by atoms with E-state index in [-0.39, 0.29) is 12.5 Å². The number of nitrogens with one attached hydrogen (secondary N) is 2. The Morgan fingerprint density at radius 3 is 2.67 bits per heavy atom. The molecule has 0 aliphatic carbocycles. The molecule has 1 heterocycles. The lowest BCUT2D eigenvalue weighted by molar-refractivity contribution is -0.149. The lowest BCUT2D eigenvalue weighted by Crippen LogP contribution is -2.46. The minimum absolute atomic E-state index is 0.305. The van der Waals surface area contributed by atoms with Crippen molar-refractivity contribution in [3.8, 4) is 0 Å². The van der Waals surface area contributed by atoms with Crippen LogP contribution in [0.5, 0.6) is 0 Å². The molecule has 0 radical (unpaired) electrons. The number of rotatable bonds is 4. The maximum atomic E-state index is 10.9. The molecular formula is C9H16N2O4. The Kier molecular flexibility index (Phi) is 4.51. The van der Waals surface area contributed by atoms with E-state index in [0.717, 1.165) is 19.4 Å². The molecule has 1 saturated heterocycles. The highest BCUT2D eigenvalue weighted by Gasteiger charge is 2.30. The average molecular weight is 216 g/mol. The van der Waals surface area contributed by atoms with E-state index in [1.165, 1.54) is 0 Å². The molecule has 2 atom stereocenters. The molecule has 1 aliphatic rings. The summed E-state index contributed by atoms with van der Waals surface area (Å²) in [5, 5.41) is 17.6. The molecule has 4 N–H and O–H groups in total. The van der Waals surface area contributed by atoms with Crippen LogP contribution in [-0.4, -0.2) is 34.7 Å². The monoisotopic (exact) mass is 216 g/mol. The molecular weight excluding hydrogens is 200 g/mol. The van der Waals surface area contributed by atoms with Gasteiger partial charge in [0.1, 0.15) is 0 Å². The van der Waals surface area contributed by atoms with E-state index in [0.29, 0.717) is 6.42 Å². The fourth-order valence-corrected chi connectivity index (χ4v) is 1.74. The predicted octanol–water partition coefficient (Wildman–Crippen LogP) is -0.191. The lowest BCUT2D eigenvalue weighted by Gasteiger charge is -2.21. The summed E-state index contributed by atoms with van der Waals surface area (Å²) in [7, 11) is 0. The van der Waals surface area contributed by atoms with E-state index in [4.69, 9.17) is 10.2 Å². The molecule has 1 fully saturated rings. The number of carboxylic acid groups (broad SMARTS) is 2. The first-order valence-corrected chi connectivity index (χ1v) is 5.04. The van der Waals surface area contributed by atoms with Gasteiger partial charge in [0.15, 0.2) is 0 Å². The highest BCUT2D eigenvalue weighted by Crippen LogP contribution is 2.16. The first kappa shape index (κ1) is 11.9. The topological polar surface area (TPSA) is 98.7 Å². The molecule has 0 aromatic carbocycles. The van der Waals surface area contributed by atoms with Crippen molar-refractivity contribution in [2.24, 2.45) is 5.92 Å². The molecule has 6 nitrogen and oxygen atoms in total. The van der Waals surface area contributed by atoms with Gasteiger partial charge in [0.25, 0.3) is 0 Å². The van der Waals surface area contributed by atoms with Gasteiger partial charge in [-0.1, -0.05) is 6.42 Å². The second-order valence-electron chi connectivity index (χ2n) is 3.72. The van der Waals surface area contributed by atoms with Crippen LogP contribution in [0.25, 0.3) is 0 Å². The fraction of sp³-hybridized carbons (Fsp3) is 0.778. The summed E-state index contributed by atoms with van der Waals surface area (Å²) in [6.07, 6.45) is 2.24. The zero-order chi connectivity index (χ0) is 11.3. The Labute approximate surface area is 87.6 Å². The first-order chi connectivity index (χ1) is 7.11. The molecule has 0 bridgehead atoms. The van der Waals surface area contributed by atoms with Gasteiger partial charge in [-0.05, 0) is 12.8 Å². The summed E-state index contributed by atoms with van der Waals surface area (Å²) < 4.78 is 0. The van der Waals surface area contributed by atoms with Gasteiger partial charge in [0, 0.05) is 12.6 Å². The molecule has 0 aromatic heterocycles.